The Morgan fingerprint density at radius 3 is 2.38 bits per heavy atom. The second kappa shape index (κ2) is 4.12. The molecule has 0 aromatic carbocycles. The first-order valence-electron chi connectivity index (χ1n) is 5.39. The summed E-state index contributed by atoms with van der Waals surface area (Å²) >= 11 is 0. The van der Waals surface area contributed by atoms with Crippen LogP contribution in [0.4, 0.5) is 0 Å². The quantitative estimate of drug-likeness (QED) is 0.526. The summed E-state index contributed by atoms with van der Waals surface area (Å²) in [4.78, 5) is 4.48. The van der Waals surface area contributed by atoms with Gasteiger partial charge in [-0.15, -0.1) is 0 Å². The van der Waals surface area contributed by atoms with E-state index in [1.807, 2.05) is 0 Å². The molecule has 76 valence electrons. The molecule has 0 atom stereocenters. The first-order chi connectivity index (χ1) is 6.09. The number of amidine groups is 1. The summed E-state index contributed by atoms with van der Waals surface area (Å²) in [7, 11) is 0. The second-order valence-corrected chi connectivity index (χ2v) is 4.60. The Balaban J connectivity index is 2.44. The van der Waals surface area contributed by atoms with Crippen molar-refractivity contribution < 1.29 is 0 Å². The fourth-order valence-corrected chi connectivity index (χ4v) is 1.74. The van der Waals surface area contributed by atoms with Crippen molar-refractivity contribution >= 4 is 5.84 Å². The standard InChI is InChI=1S/C11H22N2/c1-4-11(6-5-7-11)8-13-10(12)9(2)3/h9H,4-8H2,1-3H3,(H2,12,13). The minimum atomic E-state index is 0.397. The highest BCUT2D eigenvalue weighted by molar-refractivity contribution is 5.82. The smallest absolute Gasteiger partial charge is 0.0963 e. The maximum atomic E-state index is 5.81. The van der Waals surface area contributed by atoms with Crippen LogP contribution in [0.1, 0.15) is 46.5 Å². The average Bonchev–Trinajstić information content (AvgIpc) is 2.02. The van der Waals surface area contributed by atoms with Crippen LogP contribution < -0.4 is 5.73 Å². The molecule has 0 amide bonds. The van der Waals surface area contributed by atoms with Crippen molar-refractivity contribution in [1.29, 1.82) is 0 Å². The number of nitrogens with two attached hydrogens (primary N) is 1. The van der Waals surface area contributed by atoms with Crippen molar-refractivity contribution in [2.75, 3.05) is 6.54 Å². The van der Waals surface area contributed by atoms with E-state index in [2.05, 4.69) is 25.8 Å². The highest BCUT2D eigenvalue weighted by Crippen LogP contribution is 2.43. The van der Waals surface area contributed by atoms with E-state index in [4.69, 9.17) is 5.73 Å². The molecule has 0 aromatic rings. The van der Waals surface area contributed by atoms with Crippen LogP contribution in [-0.2, 0) is 0 Å². The molecule has 1 fully saturated rings. The van der Waals surface area contributed by atoms with E-state index in [1.165, 1.54) is 25.7 Å². The van der Waals surface area contributed by atoms with Crippen LogP contribution in [0.25, 0.3) is 0 Å². The van der Waals surface area contributed by atoms with Crippen molar-refractivity contribution in [2.24, 2.45) is 22.1 Å². The largest absolute Gasteiger partial charge is 0.387 e. The van der Waals surface area contributed by atoms with E-state index in [1.54, 1.807) is 0 Å². The van der Waals surface area contributed by atoms with E-state index >= 15 is 0 Å². The fraction of sp³-hybridized carbons (Fsp3) is 0.909. The molecule has 0 aliphatic heterocycles. The zero-order chi connectivity index (χ0) is 9.90. The van der Waals surface area contributed by atoms with Crippen LogP contribution in [0.5, 0.6) is 0 Å². The maximum absolute atomic E-state index is 5.81. The third-order valence-corrected chi connectivity index (χ3v) is 3.35. The van der Waals surface area contributed by atoms with Gasteiger partial charge in [0.15, 0.2) is 0 Å². The van der Waals surface area contributed by atoms with Crippen molar-refractivity contribution in [1.82, 2.24) is 0 Å². The van der Waals surface area contributed by atoms with Gasteiger partial charge >= 0.3 is 0 Å². The summed E-state index contributed by atoms with van der Waals surface area (Å²) in [5, 5.41) is 0. The lowest BCUT2D eigenvalue weighted by Crippen LogP contribution is -2.33. The van der Waals surface area contributed by atoms with E-state index in [0.29, 0.717) is 11.3 Å². The van der Waals surface area contributed by atoms with Gasteiger partial charge in [0.1, 0.15) is 0 Å². The summed E-state index contributed by atoms with van der Waals surface area (Å²) in [6.07, 6.45) is 5.32. The van der Waals surface area contributed by atoms with Gasteiger partial charge in [-0.3, -0.25) is 4.99 Å². The molecule has 0 spiro atoms. The monoisotopic (exact) mass is 182 g/mol. The predicted molar refractivity (Wildman–Crippen MR) is 57.9 cm³/mol. The van der Waals surface area contributed by atoms with Crippen molar-refractivity contribution in [3.8, 4) is 0 Å². The van der Waals surface area contributed by atoms with Crippen molar-refractivity contribution in [2.45, 2.75) is 46.5 Å². The molecular formula is C11H22N2. The van der Waals surface area contributed by atoms with Crippen LogP contribution in [0.15, 0.2) is 4.99 Å². The Morgan fingerprint density at radius 2 is 2.08 bits per heavy atom. The van der Waals surface area contributed by atoms with Gasteiger partial charge in [-0.2, -0.15) is 0 Å². The van der Waals surface area contributed by atoms with Crippen LogP contribution in [-0.4, -0.2) is 12.4 Å². The van der Waals surface area contributed by atoms with Gasteiger partial charge in [0.05, 0.1) is 5.84 Å². The molecule has 0 radical (unpaired) electrons. The summed E-state index contributed by atoms with van der Waals surface area (Å²) in [5.74, 6) is 1.22. The average molecular weight is 182 g/mol. The molecule has 1 aliphatic rings. The Bertz CT molecular complexity index is 185. The zero-order valence-corrected chi connectivity index (χ0v) is 9.14. The Kier molecular flexibility index (Phi) is 3.34. The third-order valence-electron chi connectivity index (χ3n) is 3.35. The van der Waals surface area contributed by atoms with Crippen LogP contribution in [0.2, 0.25) is 0 Å². The maximum Gasteiger partial charge on any atom is 0.0963 e. The fourth-order valence-electron chi connectivity index (χ4n) is 1.74. The normalized spacial score (nSPS) is 21.7. The molecule has 0 aromatic heterocycles. The molecule has 2 N–H and O–H groups in total. The summed E-state index contributed by atoms with van der Waals surface area (Å²) in [6.45, 7) is 7.41. The van der Waals surface area contributed by atoms with Crippen molar-refractivity contribution in [3.05, 3.63) is 0 Å². The second-order valence-electron chi connectivity index (χ2n) is 4.60. The highest BCUT2D eigenvalue weighted by atomic mass is 14.9. The molecule has 1 aliphatic carbocycles. The van der Waals surface area contributed by atoms with E-state index in [0.717, 1.165) is 12.4 Å². The molecule has 0 bridgehead atoms. The van der Waals surface area contributed by atoms with E-state index < -0.39 is 0 Å². The summed E-state index contributed by atoms with van der Waals surface area (Å²) in [5.41, 5.74) is 6.32. The molecule has 2 nitrogen and oxygen atoms in total. The SMILES string of the molecule is CCC1(CN=C(N)C(C)C)CCC1. The predicted octanol–water partition coefficient (Wildman–Crippen LogP) is 2.58. The minimum Gasteiger partial charge on any atom is -0.387 e. The molecule has 1 rings (SSSR count). The minimum absolute atomic E-state index is 0.397. The molecular weight excluding hydrogens is 160 g/mol. The summed E-state index contributed by atoms with van der Waals surface area (Å²) < 4.78 is 0. The molecule has 1 saturated carbocycles. The van der Waals surface area contributed by atoms with Gasteiger partial charge in [0, 0.05) is 12.5 Å². The molecule has 0 saturated heterocycles. The van der Waals surface area contributed by atoms with E-state index in [-0.39, 0.29) is 0 Å². The number of nitrogens with zero attached hydrogens (tertiary/aromatic N) is 1. The molecule has 0 unspecified atom stereocenters. The third kappa shape index (κ3) is 2.45. The molecule has 2 heteroatoms. The van der Waals surface area contributed by atoms with Gasteiger partial charge in [-0.25, -0.2) is 0 Å². The van der Waals surface area contributed by atoms with Crippen LogP contribution >= 0.6 is 0 Å². The van der Waals surface area contributed by atoms with Gasteiger partial charge in [0.25, 0.3) is 0 Å². The number of hydrogen-bond acceptors (Lipinski definition) is 1. The lowest BCUT2D eigenvalue weighted by molar-refractivity contribution is 0.139. The Labute approximate surface area is 81.6 Å². The lowest BCUT2D eigenvalue weighted by Gasteiger charge is -2.40. The zero-order valence-electron chi connectivity index (χ0n) is 9.14. The first-order valence-corrected chi connectivity index (χ1v) is 5.39. The Morgan fingerprint density at radius 1 is 1.46 bits per heavy atom. The highest BCUT2D eigenvalue weighted by Gasteiger charge is 2.34. The van der Waals surface area contributed by atoms with Gasteiger partial charge < -0.3 is 5.73 Å². The number of hydrogen-bond donors (Lipinski definition) is 1. The first kappa shape index (κ1) is 10.6. The van der Waals surface area contributed by atoms with Gasteiger partial charge in [0.2, 0.25) is 0 Å². The van der Waals surface area contributed by atoms with Crippen LogP contribution in [0.3, 0.4) is 0 Å². The Hall–Kier alpha value is -0.530. The molecule has 13 heavy (non-hydrogen) atoms. The van der Waals surface area contributed by atoms with Gasteiger partial charge in [-0.1, -0.05) is 27.2 Å². The molecule has 0 heterocycles. The van der Waals surface area contributed by atoms with E-state index in [9.17, 15) is 0 Å². The summed E-state index contributed by atoms with van der Waals surface area (Å²) in [6, 6.07) is 0. The number of aliphatic imine (C=N–C) groups is 1. The van der Waals surface area contributed by atoms with Gasteiger partial charge in [-0.05, 0) is 24.7 Å². The lowest BCUT2D eigenvalue weighted by atomic mass is 9.67. The topological polar surface area (TPSA) is 38.4 Å². The van der Waals surface area contributed by atoms with Crippen molar-refractivity contribution in [3.63, 3.8) is 0 Å². The van der Waals surface area contributed by atoms with Crippen LogP contribution in [0, 0.1) is 11.3 Å². The number of rotatable bonds is 4.